The van der Waals surface area contributed by atoms with E-state index in [9.17, 15) is 8.42 Å². The number of nitrogens with two attached hydrogens (primary N) is 1. The standard InChI is InChI=1S/C11H13ClN4O2S2/c1-6(2)20(17,18)10-8(3-4-19-10)15-9-7(12)5-14-11(13)16-9/h3-6H,1-2H3,(H3,13,14,15,16). The van der Waals surface area contributed by atoms with Crippen molar-refractivity contribution < 1.29 is 8.42 Å². The molecule has 108 valence electrons. The van der Waals surface area contributed by atoms with Crippen LogP contribution in [0.15, 0.2) is 21.9 Å². The maximum atomic E-state index is 12.2. The smallest absolute Gasteiger partial charge is 0.222 e. The molecule has 2 aromatic heterocycles. The monoisotopic (exact) mass is 332 g/mol. The molecule has 3 N–H and O–H groups in total. The van der Waals surface area contributed by atoms with E-state index < -0.39 is 15.1 Å². The van der Waals surface area contributed by atoms with Crippen LogP contribution in [0, 0.1) is 0 Å². The minimum atomic E-state index is -3.37. The van der Waals surface area contributed by atoms with E-state index in [1.54, 1.807) is 25.3 Å². The molecule has 0 saturated heterocycles. The summed E-state index contributed by atoms with van der Waals surface area (Å²) in [4.78, 5) is 7.70. The van der Waals surface area contributed by atoms with Crippen LogP contribution in [-0.2, 0) is 9.84 Å². The third-order valence-corrected chi connectivity index (χ3v) is 6.47. The van der Waals surface area contributed by atoms with Gasteiger partial charge in [0, 0.05) is 0 Å². The molecular weight excluding hydrogens is 320 g/mol. The van der Waals surface area contributed by atoms with Crippen LogP contribution in [0.3, 0.4) is 0 Å². The van der Waals surface area contributed by atoms with Crippen LogP contribution in [-0.4, -0.2) is 23.6 Å². The number of rotatable bonds is 4. The van der Waals surface area contributed by atoms with Crippen molar-refractivity contribution in [2.24, 2.45) is 0 Å². The summed E-state index contributed by atoms with van der Waals surface area (Å²) in [6.45, 7) is 3.27. The van der Waals surface area contributed by atoms with Gasteiger partial charge in [-0.05, 0) is 25.3 Å². The molecule has 0 amide bonds. The number of anilines is 3. The molecule has 9 heteroatoms. The van der Waals surface area contributed by atoms with Gasteiger partial charge >= 0.3 is 0 Å². The Hall–Kier alpha value is -1.38. The van der Waals surface area contributed by atoms with Gasteiger partial charge < -0.3 is 11.1 Å². The first-order valence-corrected chi connectivity index (χ1v) is 8.49. The summed E-state index contributed by atoms with van der Waals surface area (Å²) >= 11 is 7.10. The zero-order chi connectivity index (χ0) is 14.9. The van der Waals surface area contributed by atoms with Crippen molar-refractivity contribution in [3.8, 4) is 0 Å². The van der Waals surface area contributed by atoms with E-state index in [-0.39, 0.29) is 21.0 Å². The molecule has 6 nitrogen and oxygen atoms in total. The SMILES string of the molecule is CC(C)S(=O)(=O)c1sccc1Nc1nc(N)ncc1Cl. The van der Waals surface area contributed by atoms with E-state index in [0.717, 1.165) is 11.3 Å². The predicted octanol–water partition coefficient (Wildman–Crippen LogP) is 2.70. The number of thiophene rings is 1. The van der Waals surface area contributed by atoms with E-state index in [1.165, 1.54) is 6.20 Å². The first kappa shape index (κ1) is 15.0. The van der Waals surface area contributed by atoms with Crippen molar-refractivity contribution in [2.75, 3.05) is 11.1 Å². The third kappa shape index (κ3) is 2.87. The summed E-state index contributed by atoms with van der Waals surface area (Å²) < 4.78 is 24.7. The van der Waals surface area contributed by atoms with E-state index in [2.05, 4.69) is 15.3 Å². The Morgan fingerprint density at radius 2 is 2.15 bits per heavy atom. The summed E-state index contributed by atoms with van der Waals surface area (Å²) in [6.07, 6.45) is 1.36. The molecule has 0 unspecified atom stereocenters. The summed E-state index contributed by atoms with van der Waals surface area (Å²) in [5.74, 6) is 0.332. The second-order valence-electron chi connectivity index (χ2n) is 4.27. The summed E-state index contributed by atoms with van der Waals surface area (Å²) in [5.41, 5.74) is 5.93. The minimum Gasteiger partial charge on any atom is -0.368 e. The molecule has 0 fully saturated rings. The number of aromatic nitrogens is 2. The maximum absolute atomic E-state index is 12.2. The molecule has 0 spiro atoms. The lowest BCUT2D eigenvalue weighted by atomic mass is 10.5. The topological polar surface area (TPSA) is 98.0 Å². The van der Waals surface area contributed by atoms with E-state index in [0.29, 0.717) is 5.69 Å². The molecule has 2 rings (SSSR count). The minimum absolute atomic E-state index is 0.0559. The molecule has 2 heterocycles. The van der Waals surface area contributed by atoms with Crippen molar-refractivity contribution in [1.29, 1.82) is 0 Å². The molecule has 0 aliphatic heterocycles. The predicted molar refractivity (Wildman–Crippen MR) is 81.4 cm³/mol. The van der Waals surface area contributed by atoms with Crippen LogP contribution in [0.1, 0.15) is 13.8 Å². The number of halogens is 1. The van der Waals surface area contributed by atoms with Crippen LogP contribution >= 0.6 is 22.9 Å². The first-order chi connectivity index (χ1) is 9.32. The van der Waals surface area contributed by atoms with E-state index in [4.69, 9.17) is 17.3 Å². The average molecular weight is 333 g/mol. The molecule has 2 aromatic rings. The zero-order valence-electron chi connectivity index (χ0n) is 10.8. The fourth-order valence-corrected chi connectivity index (χ4v) is 4.26. The lowest BCUT2D eigenvalue weighted by molar-refractivity contribution is 0.590. The van der Waals surface area contributed by atoms with Gasteiger partial charge in [-0.2, -0.15) is 4.98 Å². The number of hydrogen-bond donors (Lipinski definition) is 2. The van der Waals surface area contributed by atoms with Crippen molar-refractivity contribution in [1.82, 2.24) is 9.97 Å². The molecule has 0 bridgehead atoms. The Balaban J connectivity index is 2.42. The van der Waals surface area contributed by atoms with Gasteiger partial charge in [-0.3, -0.25) is 0 Å². The van der Waals surface area contributed by atoms with Gasteiger partial charge in [-0.1, -0.05) is 11.6 Å². The number of hydrogen-bond acceptors (Lipinski definition) is 7. The van der Waals surface area contributed by atoms with Gasteiger partial charge in [-0.25, -0.2) is 13.4 Å². The quantitative estimate of drug-likeness (QED) is 0.893. The Morgan fingerprint density at radius 1 is 1.45 bits per heavy atom. The maximum Gasteiger partial charge on any atom is 0.222 e. The number of nitrogen functional groups attached to an aromatic ring is 1. The van der Waals surface area contributed by atoms with Crippen LogP contribution in [0.2, 0.25) is 5.02 Å². The third-order valence-electron chi connectivity index (χ3n) is 2.52. The second-order valence-corrected chi connectivity index (χ2v) is 8.29. The average Bonchev–Trinajstić information content (AvgIpc) is 2.82. The van der Waals surface area contributed by atoms with Gasteiger partial charge in [0.25, 0.3) is 0 Å². The van der Waals surface area contributed by atoms with Crippen LogP contribution in [0.5, 0.6) is 0 Å². The molecule has 0 aromatic carbocycles. The Morgan fingerprint density at radius 3 is 2.80 bits per heavy atom. The normalized spacial score (nSPS) is 11.8. The van der Waals surface area contributed by atoms with E-state index in [1.807, 2.05) is 0 Å². The highest BCUT2D eigenvalue weighted by Crippen LogP contribution is 2.33. The lowest BCUT2D eigenvalue weighted by Gasteiger charge is -2.11. The van der Waals surface area contributed by atoms with Crippen molar-refractivity contribution in [2.45, 2.75) is 23.3 Å². The molecule has 0 atom stereocenters. The molecule has 0 aliphatic rings. The van der Waals surface area contributed by atoms with Crippen molar-refractivity contribution in [3.05, 3.63) is 22.7 Å². The Bertz CT molecular complexity index is 728. The van der Waals surface area contributed by atoms with Gasteiger partial charge in [0.1, 0.15) is 9.23 Å². The fourth-order valence-electron chi connectivity index (χ4n) is 1.42. The number of sulfone groups is 1. The molecule has 0 radical (unpaired) electrons. The number of nitrogens with zero attached hydrogens (tertiary/aromatic N) is 2. The Kier molecular flexibility index (Phi) is 4.17. The molecule has 0 saturated carbocycles. The zero-order valence-corrected chi connectivity index (χ0v) is 13.2. The van der Waals surface area contributed by atoms with Gasteiger partial charge in [0.15, 0.2) is 15.7 Å². The summed E-state index contributed by atoms with van der Waals surface area (Å²) in [6, 6.07) is 1.66. The van der Waals surface area contributed by atoms with Crippen LogP contribution < -0.4 is 11.1 Å². The van der Waals surface area contributed by atoms with Crippen LogP contribution in [0.4, 0.5) is 17.5 Å². The summed E-state index contributed by atoms with van der Waals surface area (Å²) in [5, 5.41) is 4.34. The highest BCUT2D eigenvalue weighted by molar-refractivity contribution is 7.94. The first-order valence-electron chi connectivity index (χ1n) is 5.69. The summed E-state index contributed by atoms with van der Waals surface area (Å²) in [7, 11) is -3.37. The Labute approximate surface area is 125 Å². The van der Waals surface area contributed by atoms with Gasteiger partial charge in [-0.15, -0.1) is 11.3 Å². The van der Waals surface area contributed by atoms with Crippen molar-refractivity contribution in [3.63, 3.8) is 0 Å². The van der Waals surface area contributed by atoms with E-state index >= 15 is 0 Å². The van der Waals surface area contributed by atoms with Gasteiger partial charge in [0.05, 0.1) is 17.1 Å². The molecular formula is C11H13ClN4O2S2. The largest absolute Gasteiger partial charge is 0.368 e. The van der Waals surface area contributed by atoms with Gasteiger partial charge in [0.2, 0.25) is 5.95 Å². The molecule has 20 heavy (non-hydrogen) atoms. The van der Waals surface area contributed by atoms with Crippen LogP contribution in [0.25, 0.3) is 0 Å². The lowest BCUT2D eigenvalue weighted by Crippen LogP contribution is -2.14. The highest BCUT2D eigenvalue weighted by atomic mass is 35.5. The van der Waals surface area contributed by atoms with Crippen molar-refractivity contribution >= 4 is 50.2 Å². The number of nitrogens with one attached hydrogen (secondary N) is 1. The highest BCUT2D eigenvalue weighted by Gasteiger charge is 2.24. The second kappa shape index (κ2) is 5.55. The fraction of sp³-hybridized carbons (Fsp3) is 0.273. The molecule has 0 aliphatic carbocycles.